The minimum Gasteiger partial charge on any atom is -0.481 e. The Balaban J connectivity index is 3.08. The largest absolute Gasteiger partial charge is 0.481 e. The summed E-state index contributed by atoms with van der Waals surface area (Å²) in [5.41, 5.74) is -0.507. The van der Waals surface area contributed by atoms with E-state index in [9.17, 15) is 14.4 Å². The van der Waals surface area contributed by atoms with Crippen molar-refractivity contribution in [2.45, 2.75) is 12.8 Å². The van der Waals surface area contributed by atoms with Crippen LogP contribution in [-0.2, 0) is 11.2 Å². The Labute approximate surface area is 95.3 Å². The Bertz CT molecular complexity index is 449. The molecule has 0 aromatic carbocycles. The highest BCUT2D eigenvalue weighted by molar-refractivity contribution is 5.90. The normalized spacial score (nSPS) is 9.88. The van der Waals surface area contributed by atoms with Crippen molar-refractivity contribution in [3.8, 4) is 0 Å². The maximum absolute atomic E-state index is 10.7. The summed E-state index contributed by atoms with van der Waals surface area (Å²) in [6, 6.07) is 2.33. The maximum Gasteiger partial charge on any atom is 0.354 e. The third-order valence-electron chi connectivity index (χ3n) is 1.95. The smallest absolute Gasteiger partial charge is 0.354 e. The van der Waals surface area contributed by atoms with Crippen LogP contribution in [0.2, 0.25) is 0 Å². The van der Waals surface area contributed by atoms with E-state index >= 15 is 0 Å². The average molecular weight is 239 g/mol. The molecule has 0 saturated carbocycles. The predicted molar refractivity (Wildman–Crippen MR) is 54.1 cm³/mol. The number of carboxylic acid groups (broad SMARTS) is 3. The minimum absolute atomic E-state index is 0.0540. The Kier molecular flexibility index (Phi) is 3.76. The zero-order valence-corrected chi connectivity index (χ0v) is 8.58. The number of aliphatic carboxylic acids is 1. The lowest BCUT2D eigenvalue weighted by Crippen LogP contribution is -2.09. The van der Waals surface area contributed by atoms with Gasteiger partial charge in [0.1, 0.15) is 11.4 Å². The number of hydrogen-bond acceptors (Lipinski definition) is 4. The Hall–Kier alpha value is -2.44. The number of carbonyl (C=O) groups is 3. The molecule has 0 aliphatic carbocycles. The van der Waals surface area contributed by atoms with Gasteiger partial charge in [0.25, 0.3) is 0 Å². The standard InChI is InChI=1S/C10H9NO6/c12-8(13)2-1-5-3-6(9(14)15)11-7(4-5)10(16)17/h3-4H,1-2H2,(H,12,13)(H,14,15)(H,16,17). The monoisotopic (exact) mass is 239 g/mol. The number of carboxylic acids is 3. The Morgan fingerprint density at radius 3 is 1.82 bits per heavy atom. The zero-order valence-electron chi connectivity index (χ0n) is 8.58. The van der Waals surface area contributed by atoms with Gasteiger partial charge >= 0.3 is 17.9 Å². The summed E-state index contributed by atoms with van der Waals surface area (Å²) in [5, 5.41) is 25.9. The van der Waals surface area contributed by atoms with Gasteiger partial charge in [-0.1, -0.05) is 0 Å². The van der Waals surface area contributed by atoms with Gasteiger partial charge in [-0.3, -0.25) is 4.79 Å². The van der Waals surface area contributed by atoms with E-state index in [1.165, 1.54) is 0 Å². The van der Waals surface area contributed by atoms with Gasteiger partial charge in [0.15, 0.2) is 0 Å². The van der Waals surface area contributed by atoms with Crippen molar-refractivity contribution in [1.29, 1.82) is 0 Å². The molecule has 90 valence electrons. The summed E-state index contributed by atoms with van der Waals surface area (Å²) in [6.07, 6.45) is -0.152. The molecule has 3 N–H and O–H groups in total. The number of aryl methyl sites for hydroxylation is 1. The fraction of sp³-hybridized carbons (Fsp3) is 0.200. The average Bonchev–Trinajstić information content (AvgIpc) is 2.25. The first kappa shape index (κ1) is 12.6. The molecule has 0 radical (unpaired) electrons. The molecule has 1 aromatic rings. The van der Waals surface area contributed by atoms with E-state index in [4.69, 9.17) is 15.3 Å². The number of aromatic nitrogens is 1. The van der Waals surface area contributed by atoms with E-state index in [1.54, 1.807) is 0 Å². The first-order valence-corrected chi connectivity index (χ1v) is 4.59. The molecule has 0 amide bonds. The van der Waals surface area contributed by atoms with Gasteiger partial charge < -0.3 is 15.3 Å². The first-order valence-electron chi connectivity index (χ1n) is 4.59. The number of rotatable bonds is 5. The topological polar surface area (TPSA) is 125 Å². The molecule has 0 spiro atoms. The quantitative estimate of drug-likeness (QED) is 0.682. The van der Waals surface area contributed by atoms with Crippen molar-refractivity contribution in [3.63, 3.8) is 0 Å². The minimum atomic E-state index is -1.36. The molecule has 1 aromatic heterocycles. The Morgan fingerprint density at radius 1 is 1.00 bits per heavy atom. The van der Waals surface area contributed by atoms with Crippen LogP contribution in [0.4, 0.5) is 0 Å². The molecule has 0 unspecified atom stereocenters. The van der Waals surface area contributed by atoms with Gasteiger partial charge in [-0.15, -0.1) is 0 Å². The fourth-order valence-electron chi connectivity index (χ4n) is 1.20. The molecule has 7 heteroatoms. The van der Waals surface area contributed by atoms with E-state index in [0.717, 1.165) is 12.1 Å². The second kappa shape index (κ2) is 5.06. The van der Waals surface area contributed by atoms with E-state index in [-0.39, 0.29) is 12.8 Å². The van der Waals surface area contributed by atoms with Crippen molar-refractivity contribution in [2.24, 2.45) is 0 Å². The summed E-state index contributed by atoms with van der Waals surface area (Å²) in [6.45, 7) is 0. The van der Waals surface area contributed by atoms with Gasteiger partial charge in [0.05, 0.1) is 0 Å². The number of nitrogens with zero attached hydrogens (tertiary/aromatic N) is 1. The molecule has 17 heavy (non-hydrogen) atoms. The van der Waals surface area contributed by atoms with Gasteiger partial charge in [-0.05, 0) is 24.1 Å². The molecule has 7 nitrogen and oxygen atoms in total. The lowest BCUT2D eigenvalue weighted by molar-refractivity contribution is -0.136. The third kappa shape index (κ3) is 3.56. The molecule has 1 heterocycles. The van der Waals surface area contributed by atoms with Crippen LogP contribution in [0.5, 0.6) is 0 Å². The SMILES string of the molecule is O=C(O)CCc1cc(C(=O)O)nc(C(=O)O)c1. The van der Waals surface area contributed by atoms with E-state index < -0.39 is 29.3 Å². The lowest BCUT2D eigenvalue weighted by Gasteiger charge is -2.03. The van der Waals surface area contributed by atoms with Crippen molar-refractivity contribution in [3.05, 3.63) is 29.1 Å². The van der Waals surface area contributed by atoms with Crippen LogP contribution in [0.25, 0.3) is 0 Å². The van der Waals surface area contributed by atoms with Crippen LogP contribution in [0.15, 0.2) is 12.1 Å². The highest BCUT2D eigenvalue weighted by Crippen LogP contribution is 2.09. The number of pyridine rings is 1. The van der Waals surface area contributed by atoms with Crippen molar-refractivity contribution in [1.82, 2.24) is 4.98 Å². The predicted octanol–water partition coefficient (Wildman–Crippen LogP) is 0.495. The van der Waals surface area contributed by atoms with Crippen molar-refractivity contribution < 1.29 is 29.7 Å². The highest BCUT2D eigenvalue weighted by Gasteiger charge is 2.13. The molecule has 1 rings (SSSR count). The van der Waals surface area contributed by atoms with E-state index in [1.807, 2.05) is 0 Å². The van der Waals surface area contributed by atoms with Crippen LogP contribution < -0.4 is 0 Å². The number of aromatic carboxylic acids is 2. The number of hydrogen-bond donors (Lipinski definition) is 3. The summed E-state index contributed by atoms with van der Waals surface area (Å²) < 4.78 is 0. The second-order valence-electron chi connectivity index (χ2n) is 3.25. The van der Waals surface area contributed by atoms with Crippen LogP contribution in [-0.4, -0.2) is 38.2 Å². The molecule has 0 bridgehead atoms. The van der Waals surface area contributed by atoms with Crippen molar-refractivity contribution >= 4 is 17.9 Å². The summed E-state index contributed by atoms with van der Waals surface area (Å²) in [4.78, 5) is 35.2. The maximum atomic E-state index is 10.7. The van der Waals surface area contributed by atoms with Crippen LogP contribution in [0, 0.1) is 0 Å². The molecule has 0 aliphatic heterocycles. The zero-order chi connectivity index (χ0) is 13.0. The molecule has 0 fully saturated rings. The molecule has 0 saturated heterocycles. The van der Waals surface area contributed by atoms with E-state index in [2.05, 4.69) is 4.98 Å². The highest BCUT2D eigenvalue weighted by atomic mass is 16.4. The molecular formula is C10H9NO6. The summed E-state index contributed by atoms with van der Waals surface area (Å²) in [7, 11) is 0. The molecular weight excluding hydrogens is 230 g/mol. The van der Waals surface area contributed by atoms with E-state index in [0.29, 0.717) is 5.56 Å². The van der Waals surface area contributed by atoms with Gasteiger partial charge in [-0.25, -0.2) is 14.6 Å². The summed E-state index contributed by atoms with van der Waals surface area (Å²) in [5.74, 6) is -3.76. The summed E-state index contributed by atoms with van der Waals surface area (Å²) >= 11 is 0. The molecule has 0 atom stereocenters. The Morgan fingerprint density at radius 2 is 1.47 bits per heavy atom. The van der Waals surface area contributed by atoms with Gasteiger partial charge in [-0.2, -0.15) is 0 Å². The van der Waals surface area contributed by atoms with Gasteiger partial charge in [0.2, 0.25) is 0 Å². The second-order valence-corrected chi connectivity index (χ2v) is 3.25. The van der Waals surface area contributed by atoms with Crippen LogP contribution >= 0.6 is 0 Å². The fourth-order valence-corrected chi connectivity index (χ4v) is 1.20. The lowest BCUT2D eigenvalue weighted by atomic mass is 10.1. The van der Waals surface area contributed by atoms with Crippen LogP contribution in [0.1, 0.15) is 33.0 Å². The van der Waals surface area contributed by atoms with Gasteiger partial charge in [0, 0.05) is 6.42 Å². The first-order chi connectivity index (χ1) is 7.90. The van der Waals surface area contributed by atoms with Crippen molar-refractivity contribution in [2.75, 3.05) is 0 Å². The molecule has 0 aliphatic rings. The van der Waals surface area contributed by atoms with Crippen LogP contribution in [0.3, 0.4) is 0 Å². The third-order valence-corrected chi connectivity index (χ3v) is 1.95.